The Bertz CT molecular complexity index is 503. The molecule has 102 valence electrons. The Morgan fingerprint density at radius 2 is 2.11 bits per heavy atom. The van der Waals surface area contributed by atoms with E-state index >= 15 is 0 Å². The molecule has 1 atom stereocenters. The van der Waals surface area contributed by atoms with E-state index in [0.717, 1.165) is 6.20 Å². The van der Waals surface area contributed by atoms with Gasteiger partial charge in [0, 0.05) is 12.6 Å². The summed E-state index contributed by atoms with van der Waals surface area (Å²) >= 11 is 0. The highest BCUT2D eigenvalue weighted by Crippen LogP contribution is 2.14. The normalized spacial score (nSPS) is 11.6. The maximum absolute atomic E-state index is 11.7. The van der Waals surface area contributed by atoms with Crippen LogP contribution in [0.4, 0.5) is 0 Å². The third-order valence-corrected chi connectivity index (χ3v) is 2.33. The first-order valence-corrected chi connectivity index (χ1v) is 5.36. The summed E-state index contributed by atoms with van der Waals surface area (Å²) in [6, 6.07) is -0.00920. The van der Waals surface area contributed by atoms with Crippen molar-refractivity contribution in [1.82, 2.24) is 10.3 Å². The van der Waals surface area contributed by atoms with Crippen LogP contribution in [0.1, 0.15) is 23.2 Å². The molecule has 5 N–H and O–H groups in total. The summed E-state index contributed by atoms with van der Waals surface area (Å²) in [6.07, 6.45) is 2.06. The molecule has 1 heterocycles. The van der Waals surface area contributed by atoms with Crippen molar-refractivity contribution >= 4 is 17.8 Å². The summed E-state index contributed by atoms with van der Waals surface area (Å²) in [4.78, 5) is 36.9. The highest BCUT2D eigenvalue weighted by atomic mass is 16.4. The van der Waals surface area contributed by atoms with Crippen LogP contribution in [0.15, 0.2) is 18.5 Å². The molecule has 2 amide bonds. The molecule has 0 saturated carbocycles. The highest BCUT2D eigenvalue weighted by molar-refractivity contribution is 5.98. The number of hydrogen-bond donors (Lipinski definition) is 4. The summed E-state index contributed by atoms with van der Waals surface area (Å²) in [5.41, 5.74) is 4.82. The molecule has 0 unspecified atom stereocenters. The Kier molecular flexibility index (Phi) is 4.81. The van der Waals surface area contributed by atoms with E-state index in [0.29, 0.717) is 0 Å². The zero-order chi connectivity index (χ0) is 14.4. The molecule has 0 radical (unpaired) electrons. The summed E-state index contributed by atoms with van der Waals surface area (Å²) in [5, 5.41) is 20.5. The fourth-order valence-corrected chi connectivity index (χ4v) is 1.36. The number of nitrogens with one attached hydrogen (secondary N) is 1. The quantitative estimate of drug-likeness (QED) is 0.533. The molecule has 0 bridgehead atoms. The second-order valence-corrected chi connectivity index (χ2v) is 3.76. The molecule has 8 nitrogen and oxygen atoms in total. The Hall–Kier alpha value is -2.64. The highest BCUT2D eigenvalue weighted by Gasteiger charge is 2.22. The first-order chi connectivity index (χ1) is 8.91. The maximum Gasteiger partial charge on any atom is 0.326 e. The number of nitrogens with zero attached hydrogens (tertiary/aromatic N) is 1. The van der Waals surface area contributed by atoms with Crippen molar-refractivity contribution < 1.29 is 24.6 Å². The standard InChI is InChI=1S/C11H13N3O5/c12-9(16)2-1-7(11(18)19)14-10(17)6-3-4-13-5-8(6)15/h3-5,7,15H,1-2H2,(H2,12,16)(H,14,17)(H,18,19)/t7-/m0/s1. The first kappa shape index (κ1) is 14.4. The van der Waals surface area contributed by atoms with E-state index in [1.54, 1.807) is 0 Å². The molecule has 0 aliphatic rings. The van der Waals surface area contributed by atoms with Crippen molar-refractivity contribution in [3.63, 3.8) is 0 Å². The van der Waals surface area contributed by atoms with Gasteiger partial charge in [-0.15, -0.1) is 0 Å². The zero-order valence-electron chi connectivity index (χ0n) is 9.87. The lowest BCUT2D eigenvalue weighted by molar-refractivity contribution is -0.139. The van der Waals surface area contributed by atoms with Gasteiger partial charge in [-0.25, -0.2) is 4.79 Å². The lowest BCUT2D eigenvalue weighted by Crippen LogP contribution is -2.41. The van der Waals surface area contributed by atoms with Crippen LogP contribution < -0.4 is 11.1 Å². The van der Waals surface area contributed by atoms with Crippen LogP contribution in [0.3, 0.4) is 0 Å². The number of carboxylic acid groups (broad SMARTS) is 1. The van der Waals surface area contributed by atoms with Gasteiger partial charge >= 0.3 is 5.97 Å². The second kappa shape index (κ2) is 6.34. The van der Waals surface area contributed by atoms with Gasteiger partial charge in [0.25, 0.3) is 5.91 Å². The summed E-state index contributed by atoms with van der Waals surface area (Å²) < 4.78 is 0. The third-order valence-electron chi connectivity index (χ3n) is 2.33. The Balaban J connectivity index is 2.74. The summed E-state index contributed by atoms with van der Waals surface area (Å²) in [6.45, 7) is 0. The summed E-state index contributed by atoms with van der Waals surface area (Å²) in [5.74, 6) is -3.08. The number of pyridine rings is 1. The van der Waals surface area contributed by atoms with Crippen molar-refractivity contribution in [3.8, 4) is 5.75 Å². The van der Waals surface area contributed by atoms with Crippen molar-refractivity contribution in [2.45, 2.75) is 18.9 Å². The van der Waals surface area contributed by atoms with E-state index in [2.05, 4.69) is 10.3 Å². The number of hydrogen-bond acceptors (Lipinski definition) is 5. The lowest BCUT2D eigenvalue weighted by atomic mass is 10.1. The topological polar surface area (TPSA) is 143 Å². The van der Waals surface area contributed by atoms with Crippen LogP contribution in [0.2, 0.25) is 0 Å². The van der Waals surface area contributed by atoms with Crippen LogP contribution in [0.25, 0.3) is 0 Å². The number of carbonyl (C=O) groups excluding carboxylic acids is 2. The van der Waals surface area contributed by atoms with Crippen LogP contribution in [0, 0.1) is 0 Å². The Labute approximate surface area is 108 Å². The molecule has 1 aromatic rings. The van der Waals surface area contributed by atoms with E-state index < -0.39 is 23.8 Å². The number of aromatic hydroxyl groups is 1. The van der Waals surface area contributed by atoms with E-state index in [1.165, 1.54) is 12.3 Å². The van der Waals surface area contributed by atoms with E-state index in [1.807, 2.05) is 0 Å². The van der Waals surface area contributed by atoms with Crippen LogP contribution in [-0.4, -0.2) is 39.0 Å². The van der Waals surface area contributed by atoms with E-state index in [-0.39, 0.29) is 24.2 Å². The van der Waals surface area contributed by atoms with Gasteiger partial charge in [0.05, 0.1) is 11.8 Å². The van der Waals surface area contributed by atoms with Gasteiger partial charge in [-0.2, -0.15) is 0 Å². The second-order valence-electron chi connectivity index (χ2n) is 3.76. The molecule has 1 rings (SSSR count). The van der Waals surface area contributed by atoms with Gasteiger partial charge in [-0.05, 0) is 12.5 Å². The Morgan fingerprint density at radius 3 is 2.63 bits per heavy atom. The number of aliphatic carboxylic acids is 1. The fourth-order valence-electron chi connectivity index (χ4n) is 1.36. The van der Waals surface area contributed by atoms with E-state index in [9.17, 15) is 19.5 Å². The van der Waals surface area contributed by atoms with Crippen molar-refractivity contribution in [2.24, 2.45) is 5.73 Å². The molecule has 0 spiro atoms. The molecule has 19 heavy (non-hydrogen) atoms. The van der Waals surface area contributed by atoms with Gasteiger partial charge in [0.2, 0.25) is 5.91 Å². The number of amides is 2. The predicted molar refractivity (Wildman–Crippen MR) is 63.2 cm³/mol. The number of carbonyl (C=O) groups is 3. The average Bonchev–Trinajstić information content (AvgIpc) is 2.34. The molecule has 0 aromatic carbocycles. The molecular weight excluding hydrogens is 254 g/mol. The number of carboxylic acids is 1. The lowest BCUT2D eigenvalue weighted by Gasteiger charge is -2.14. The minimum Gasteiger partial charge on any atom is -0.505 e. The molecule has 0 saturated heterocycles. The first-order valence-electron chi connectivity index (χ1n) is 5.36. The summed E-state index contributed by atoms with van der Waals surface area (Å²) in [7, 11) is 0. The number of aromatic nitrogens is 1. The van der Waals surface area contributed by atoms with Gasteiger partial charge < -0.3 is 21.3 Å². The van der Waals surface area contributed by atoms with Crippen molar-refractivity contribution in [3.05, 3.63) is 24.0 Å². The van der Waals surface area contributed by atoms with Gasteiger partial charge in [0.1, 0.15) is 11.8 Å². The van der Waals surface area contributed by atoms with Crippen molar-refractivity contribution in [2.75, 3.05) is 0 Å². The molecule has 8 heteroatoms. The van der Waals surface area contributed by atoms with Crippen LogP contribution in [-0.2, 0) is 9.59 Å². The fraction of sp³-hybridized carbons (Fsp3) is 0.273. The number of nitrogens with two attached hydrogens (primary N) is 1. The number of primary amides is 1. The third kappa shape index (κ3) is 4.26. The molecular formula is C11H13N3O5. The average molecular weight is 267 g/mol. The van der Waals surface area contributed by atoms with Gasteiger partial charge in [-0.3, -0.25) is 14.6 Å². The van der Waals surface area contributed by atoms with Crippen LogP contribution >= 0.6 is 0 Å². The molecule has 1 aromatic heterocycles. The monoisotopic (exact) mass is 267 g/mol. The van der Waals surface area contributed by atoms with Crippen molar-refractivity contribution in [1.29, 1.82) is 0 Å². The predicted octanol–water partition coefficient (Wildman–Crippen LogP) is -0.764. The minimum atomic E-state index is -1.29. The van der Waals surface area contributed by atoms with E-state index in [4.69, 9.17) is 10.8 Å². The molecule has 0 aliphatic carbocycles. The minimum absolute atomic E-state index is 0.0969. The molecule has 0 aliphatic heterocycles. The number of rotatable bonds is 6. The maximum atomic E-state index is 11.7. The Morgan fingerprint density at radius 1 is 1.42 bits per heavy atom. The zero-order valence-corrected chi connectivity index (χ0v) is 9.87. The van der Waals surface area contributed by atoms with Gasteiger partial charge in [0.15, 0.2) is 0 Å². The SMILES string of the molecule is NC(=O)CC[C@H](NC(=O)c1ccncc1O)C(=O)O. The van der Waals surface area contributed by atoms with Gasteiger partial charge in [-0.1, -0.05) is 0 Å². The largest absolute Gasteiger partial charge is 0.505 e. The molecule has 0 fully saturated rings. The smallest absolute Gasteiger partial charge is 0.326 e. The van der Waals surface area contributed by atoms with Crippen LogP contribution in [0.5, 0.6) is 5.75 Å².